The number of nitrogens with zero attached hydrogens (tertiary/aromatic N) is 1. The van der Waals surface area contributed by atoms with Gasteiger partial charge in [-0.1, -0.05) is 23.7 Å². The molecule has 1 nitrogen and oxygen atoms in total. The third-order valence-electron chi connectivity index (χ3n) is 2.17. The van der Waals surface area contributed by atoms with Crippen LogP contribution >= 0.6 is 23.2 Å². The van der Waals surface area contributed by atoms with Crippen molar-refractivity contribution < 1.29 is 4.39 Å². The number of rotatable bonds is 2. The van der Waals surface area contributed by atoms with Gasteiger partial charge in [-0.05, 0) is 24.3 Å². The number of alkyl halides is 1. The second-order valence-corrected chi connectivity index (χ2v) is 3.94. The lowest BCUT2D eigenvalue weighted by molar-refractivity contribution is 0.628. The minimum atomic E-state index is -0.290. The van der Waals surface area contributed by atoms with Gasteiger partial charge in [-0.25, -0.2) is 4.39 Å². The summed E-state index contributed by atoms with van der Waals surface area (Å²) in [5.41, 5.74) is 1.98. The Bertz CT molecular complexity index is 514. The summed E-state index contributed by atoms with van der Waals surface area (Å²) in [6, 6.07) is 9.70. The van der Waals surface area contributed by atoms with Crippen LogP contribution in [0.2, 0.25) is 5.02 Å². The van der Waals surface area contributed by atoms with Crippen LogP contribution in [0.15, 0.2) is 36.4 Å². The molecule has 2 aromatic rings. The van der Waals surface area contributed by atoms with Gasteiger partial charge in [0.2, 0.25) is 0 Å². The maximum atomic E-state index is 13.0. The van der Waals surface area contributed by atoms with E-state index in [4.69, 9.17) is 23.2 Å². The molecule has 1 aromatic carbocycles. The Labute approximate surface area is 103 Å². The molecular weight excluding hydrogens is 248 g/mol. The molecule has 0 radical (unpaired) electrons. The molecule has 0 fully saturated rings. The number of halogens is 3. The van der Waals surface area contributed by atoms with Crippen molar-refractivity contribution in [3.05, 3.63) is 52.9 Å². The van der Waals surface area contributed by atoms with Gasteiger partial charge in [0, 0.05) is 5.56 Å². The summed E-state index contributed by atoms with van der Waals surface area (Å²) >= 11 is 11.6. The van der Waals surface area contributed by atoms with Crippen molar-refractivity contribution in [3.8, 4) is 11.3 Å². The standard InChI is InChI=1S/C12H8Cl2FN/c13-7-12-10(14)4-5-11(16-12)8-2-1-3-9(15)6-8/h1-6H,7H2. The number of hydrogen-bond acceptors (Lipinski definition) is 1. The van der Waals surface area contributed by atoms with E-state index in [1.165, 1.54) is 12.1 Å². The largest absolute Gasteiger partial charge is 0.250 e. The predicted octanol–water partition coefficient (Wildman–Crippen LogP) is 4.28. The van der Waals surface area contributed by atoms with Crippen LogP contribution in [0.4, 0.5) is 4.39 Å². The highest BCUT2D eigenvalue weighted by Crippen LogP contribution is 2.23. The summed E-state index contributed by atoms with van der Waals surface area (Å²) in [4.78, 5) is 4.27. The quantitative estimate of drug-likeness (QED) is 0.731. The Balaban J connectivity index is 2.48. The van der Waals surface area contributed by atoms with E-state index in [1.807, 2.05) is 0 Å². The number of aromatic nitrogens is 1. The summed E-state index contributed by atoms with van der Waals surface area (Å²) in [6.45, 7) is 0. The maximum Gasteiger partial charge on any atom is 0.123 e. The van der Waals surface area contributed by atoms with Crippen LogP contribution in [-0.4, -0.2) is 4.98 Å². The molecule has 82 valence electrons. The molecule has 1 heterocycles. The van der Waals surface area contributed by atoms with E-state index in [-0.39, 0.29) is 11.7 Å². The molecule has 0 aliphatic carbocycles. The Kier molecular flexibility index (Phi) is 3.42. The zero-order valence-electron chi connectivity index (χ0n) is 8.25. The number of hydrogen-bond donors (Lipinski definition) is 0. The Morgan fingerprint density at radius 3 is 2.69 bits per heavy atom. The molecule has 0 unspecified atom stereocenters. The molecule has 0 aliphatic rings. The summed E-state index contributed by atoms with van der Waals surface area (Å²) in [5.74, 6) is -0.0520. The lowest BCUT2D eigenvalue weighted by atomic mass is 10.1. The van der Waals surface area contributed by atoms with Gasteiger partial charge in [0.15, 0.2) is 0 Å². The fraction of sp³-hybridized carbons (Fsp3) is 0.0833. The van der Waals surface area contributed by atoms with Gasteiger partial charge in [-0.15, -0.1) is 11.6 Å². The predicted molar refractivity (Wildman–Crippen MR) is 64.2 cm³/mol. The van der Waals surface area contributed by atoms with Crippen molar-refractivity contribution in [1.82, 2.24) is 4.98 Å². The second kappa shape index (κ2) is 4.81. The van der Waals surface area contributed by atoms with E-state index in [0.29, 0.717) is 22.0 Å². The van der Waals surface area contributed by atoms with Crippen LogP contribution in [0.25, 0.3) is 11.3 Å². The Morgan fingerprint density at radius 2 is 2.00 bits per heavy atom. The molecule has 0 N–H and O–H groups in total. The van der Waals surface area contributed by atoms with E-state index in [2.05, 4.69) is 4.98 Å². The summed E-state index contributed by atoms with van der Waals surface area (Å²) < 4.78 is 13.0. The van der Waals surface area contributed by atoms with Crippen molar-refractivity contribution in [2.45, 2.75) is 5.88 Å². The molecule has 0 saturated carbocycles. The topological polar surface area (TPSA) is 12.9 Å². The van der Waals surface area contributed by atoms with Gasteiger partial charge in [-0.2, -0.15) is 0 Å². The van der Waals surface area contributed by atoms with Crippen LogP contribution in [0.1, 0.15) is 5.69 Å². The third-order valence-corrected chi connectivity index (χ3v) is 2.76. The molecule has 0 spiro atoms. The van der Waals surface area contributed by atoms with Crippen molar-refractivity contribution in [2.24, 2.45) is 0 Å². The fourth-order valence-electron chi connectivity index (χ4n) is 1.39. The zero-order chi connectivity index (χ0) is 11.5. The smallest absolute Gasteiger partial charge is 0.123 e. The molecule has 0 bridgehead atoms. The summed E-state index contributed by atoms with van der Waals surface area (Å²) in [5, 5.41) is 0.523. The highest BCUT2D eigenvalue weighted by molar-refractivity contribution is 6.32. The normalized spacial score (nSPS) is 10.4. The molecule has 1 aromatic heterocycles. The lowest BCUT2D eigenvalue weighted by Crippen LogP contribution is -1.91. The summed E-state index contributed by atoms with van der Waals surface area (Å²) in [7, 11) is 0. The molecule has 0 amide bonds. The van der Waals surface area contributed by atoms with E-state index >= 15 is 0 Å². The van der Waals surface area contributed by atoms with Gasteiger partial charge < -0.3 is 0 Å². The minimum Gasteiger partial charge on any atom is -0.250 e. The first kappa shape index (κ1) is 11.4. The highest BCUT2D eigenvalue weighted by Gasteiger charge is 2.05. The summed E-state index contributed by atoms with van der Waals surface area (Å²) in [6.07, 6.45) is 0. The van der Waals surface area contributed by atoms with Crippen molar-refractivity contribution in [1.29, 1.82) is 0 Å². The third kappa shape index (κ3) is 2.34. The number of pyridine rings is 1. The van der Waals surface area contributed by atoms with Crippen LogP contribution in [0.5, 0.6) is 0 Å². The average Bonchev–Trinajstić information content (AvgIpc) is 2.29. The van der Waals surface area contributed by atoms with E-state index in [9.17, 15) is 4.39 Å². The Hall–Kier alpha value is -1.12. The van der Waals surface area contributed by atoms with Crippen molar-refractivity contribution in [2.75, 3.05) is 0 Å². The maximum absolute atomic E-state index is 13.0. The van der Waals surface area contributed by atoms with Gasteiger partial charge in [0.05, 0.1) is 22.3 Å². The molecule has 0 aliphatic heterocycles. The van der Waals surface area contributed by atoms with Gasteiger partial charge in [0.1, 0.15) is 5.82 Å². The monoisotopic (exact) mass is 255 g/mol. The second-order valence-electron chi connectivity index (χ2n) is 3.27. The molecule has 2 rings (SSSR count). The van der Waals surface area contributed by atoms with E-state index < -0.39 is 0 Å². The van der Waals surface area contributed by atoms with Crippen LogP contribution in [-0.2, 0) is 5.88 Å². The van der Waals surface area contributed by atoms with Gasteiger partial charge in [0.25, 0.3) is 0 Å². The molecule has 0 saturated heterocycles. The first-order chi connectivity index (χ1) is 7.70. The van der Waals surface area contributed by atoms with Crippen LogP contribution < -0.4 is 0 Å². The van der Waals surface area contributed by atoms with E-state index in [1.54, 1.807) is 24.3 Å². The first-order valence-corrected chi connectivity index (χ1v) is 5.59. The molecule has 16 heavy (non-hydrogen) atoms. The van der Waals surface area contributed by atoms with E-state index in [0.717, 1.165) is 0 Å². The van der Waals surface area contributed by atoms with Crippen LogP contribution in [0, 0.1) is 5.82 Å². The van der Waals surface area contributed by atoms with Gasteiger partial charge in [-0.3, -0.25) is 4.98 Å². The fourth-order valence-corrected chi connectivity index (χ4v) is 1.83. The van der Waals surface area contributed by atoms with Crippen LogP contribution in [0.3, 0.4) is 0 Å². The molecule has 4 heteroatoms. The zero-order valence-corrected chi connectivity index (χ0v) is 9.76. The van der Waals surface area contributed by atoms with Gasteiger partial charge >= 0.3 is 0 Å². The minimum absolute atomic E-state index is 0.238. The van der Waals surface area contributed by atoms with Crippen molar-refractivity contribution in [3.63, 3.8) is 0 Å². The molecule has 0 atom stereocenters. The molecular formula is C12H8Cl2FN. The number of benzene rings is 1. The van der Waals surface area contributed by atoms with Crippen molar-refractivity contribution >= 4 is 23.2 Å². The highest BCUT2D eigenvalue weighted by atomic mass is 35.5. The Morgan fingerprint density at radius 1 is 1.19 bits per heavy atom. The average molecular weight is 256 g/mol. The SMILES string of the molecule is Fc1cccc(-c2ccc(Cl)c(CCl)n2)c1. The first-order valence-electron chi connectivity index (χ1n) is 4.68. The lowest BCUT2D eigenvalue weighted by Gasteiger charge is -2.04.